The molecule has 0 aliphatic carbocycles. The number of hydrazone groups is 1. The lowest BCUT2D eigenvalue weighted by atomic mass is 10.0. The Bertz CT molecular complexity index is 5050. The number of amides is 17. The summed E-state index contributed by atoms with van der Waals surface area (Å²) < 4.78 is 10.7. The smallest absolute Gasteiger partial charge is 0.317 e. The van der Waals surface area contributed by atoms with E-state index in [2.05, 4.69) is 116 Å². The molecule has 12 atom stereocenters. The number of hydrogen-bond acceptors (Lipinski definition) is 31. The Hall–Kier alpha value is -14.6. The minimum atomic E-state index is -2.06. The number of unbranched alkanes of at least 4 members (excludes halogenated alkanes) is 13. The molecule has 3 aliphatic heterocycles. The number of hydrazine groups is 2. The van der Waals surface area contributed by atoms with Crippen LogP contribution in [0, 0.1) is 0 Å². The lowest BCUT2D eigenvalue weighted by Gasteiger charge is -2.29. The minimum Gasteiger partial charge on any atom is -0.480 e. The lowest BCUT2D eigenvalue weighted by molar-refractivity contribution is -0.143. The Balaban J connectivity index is 0.000000484. The largest absolute Gasteiger partial charge is 0.480 e. The number of benzene rings is 2. The van der Waals surface area contributed by atoms with E-state index in [1.54, 1.807) is 36.5 Å². The van der Waals surface area contributed by atoms with Crippen molar-refractivity contribution in [1.82, 2.24) is 116 Å². The molecule has 150 heavy (non-hydrogen) atoms. The van der Waals surface area contributed by atoms with Crippen LogP contribution in [0.5, 0.6) is 0 Å². The highest BCUT2D eigenvalue weighted by Crippen LogP contribution is 2.24. The molecule has 54 heteroatoms. The lowest BCUT2D eigenvalue weighted by Crippen LogP contribution is -2.64. The number of likely N-dealkylation sites (N-methyl/N-ethyl adjacent to an activating group) is 1. The Morgan fingerprint density at radius 2 is 1.22 bits per heavy atom. The van der Waals surface area contributed by atoms with Crippen molar-refractivity contribution >= 4 is 135 Å². The molecule has 7 rings (SSSR count). The molecule has 5 heterocycles. The number of H-pyrrole nitrogens is 2. The van der Waals surface area contributed by atoms with Crippen LogP contribution in [-0.2, 0) is 120 Å². The number of rotatable bonds is 61. The van der Waals surface area contributed by atoms with Gasteiger partial charge in [-0.1, -0.05) is 139 Å². The number of ether oxygens (including phenoxy) is 2. The Morgan fingerprint density at radius 1 is 0.600 bits per heavy atom. The molecule has 0 saturated carbocycles. The number of fused-ring (bicyclic) bond motifs is 2. The van der Waals surface area contributed by atoms with Crippen LogP contribution in [0.25, 0.3) is 10.9 Å². The molecule has 3 aliphatic rings. The van der Waals surface area contributed by atoms with E-state index < -0.39 is 232 Å². The van der Waals surface area contributed by atoms with Gasteiger partial charge in [0, 0.05) is 114 Å². The van der Waals surface area contributed by atoms with Crippen molar-refractivity contribution in [2.24, 2.45) is 38.8 Å². The van der Waals surface area contributed by atoms with Crippen LogP contribution in [0.3, 0.4) is 0 Å². The van der Waals surface area contributed by atoms with Crippen LogP contribution in [0.4, 0.5) is 0 Å². The molecule has 0 radical (unpaired) electrons. The highest BCUT2D eigenvalue weighted by atomic mass is 16.5. The molecule has 33 N–H and O–H groups in total. The first kappa shape index (κ1) is 124. The van der Waals surface area contributed by atoms with E-state index in [4.69, 9.17) is 38.1 Å². The molecular weight excluding hydrogens is 1960 g/mol. The van der Waals surface area contributed by atoms with Gasteiger partial charge < -0.3 is 148 Å². The number of aliphatic carboxylic acids is 2. The van der Waals surface area contributed by atoms with E-state index in [1.165, 1.54) is 77.4 Å². The number of aliphatic hydroxyl groups is 2. The van der Waals surface area contributed by atoms with Gasteiger partial charge in [0.05, 0.1) is 71.1 Å². The summed E-state index contributed by atoms with van der Waals surface area (Å²) in [6, 6.07) is 2.52. The monoisotopic (exact) mass is 2110 g/mol. The second-order valence-electron chi connectivity index (χ2n) is 36.5. The molecule has 0 bridgehead atoms. The fourth-order valence-electron chi connectivity index (χ4n) is 16.3. The first-order chi connectivity index (χ1) is 71.9. The number of carboxylic acids is 2. The highest BCUT2D eigenvalue weighted by Gasteiger charge is 2.43. The highest BCUT2D eigenvalue weighted by molar-refractivity contribution is 6.01. The van der Waals surface area contributed by atoms with Crippen molar-refractivity contribution in [2.45, 2.75) is 279 Å². The van der Waals surface area contributed by atoms with Gasteiger partial charge in [-0.25, -0.2) is 10.5 Å². The summed E-state index contributed by atoms with van der Waals surface area (Å²) in [6.07, 6.45) is 18.3. The molecule has 9 unspecified atom stereocenters. The van der Waals surface area contributed by atoms with E-state index in [0.717, 1.165) is 53.7 Å². The average Bonchev–Trinajstić information content (AvgIpc) is 1.67. The normalized spacial score (nSPS) is 18.3. The fourth-order valence-corrected chi connectivity index (χ4v) is 16.3. The zero-order chi connectivity index (χ0) is 110. The number of guanidine groups is 1. The van der Waals surface area contributed by atoms with Crippen LogP contribution >= 0.6 is 0 Å². The first-order valence-corrected chi connectivity index (χ1v) is 50.7. The predicted octanol–water partition coefficient (Wildman–Crippen LogP) is -6.04. The first-order valence-electron chi connectivity index (χ1n) is 50.7. The van der Waals surface area contributed by atoms with E-state index in [1.807, 2.05) is 31.2 Å². The Labute approximate surface area is 867 Å². The van der Waals surface area contributed by atoms with Gasteiger partial charge in [0.15, 0.2) is 12.1 Å². The zero-order valence-corrected chi connectivity index (χ0v) is 85.0. The number of imidazole rings is 1. The number of nitrogens with zero attached hydrogens (tertiary/aromatic N) is 5. The van der Waals surface area contributed by atoms with Crippen molar-refractivity contribution in [3.63, 3.8) is 0 Å². The average molecular weight is 2110 g/mol. The van der Waals surface area contributed by atoms with Gasteiger partial charge in [-0.3, -0.25) is 106 Å². The molecule has 0 spiro atoms. The number of aromatic amines is 2. The van der Waals surface area contributed by atoms with E-state index in [0.29, 0.717) is 54.7 Å². The number of aliphatic imine (C=N–C) groups is 1. The van der Waals surface area contributed by atoms with E-state index in [9.17, 15) is 112 Å². The van der Waals surface area contributed by atoms with Crippen molar-refractivity contribution in [3.8, 4) is 0 Å². The maximum Gasteiger partial charge on any atom is 0.317 e. The minimum absolute atomic E-state index is 0.00276. The summed E-state index contributed by atoms with van der Waals surface area (Å²) in [5.41, 5.74) is 39.1. The predicted molar refractivity (Wildman–Crippen MR) is 544 cm³/mol. The van der Waals surface area contributed by atoms with Gasteiger partial charge in [0.2, 0.25) is 94.5 Å². The number of amidine groups is 1. The molecule has 830 valence electrons. The number of nitrogens with one attached hydrogen (secondary N) is 19. The van der Waals surface area contributed by atoms with Gasteiger partial charge in [-0.05, 0) is 81.4 Å². The number of hydrogen-bond donors (Lipinski definition) is 28. The van der Waals surface area contributed by atoms with E-state index >= 15 is 0 Å². The van der Waals surface area contributed by atoms with E-state index in [-0.39, 0.29) is 121 Å². The molecule has 2 fully saturated rings. The standard InChI is InChI=1S/C54H93N17O17.C42H58N12O8/c1-3-4-18-37(50(82)56-2)63-54(86)49(65-45(76)30-71(31-47(78)79)32-48(80)81)66-52(84)39(27-36-28-57-35-60-36)64-51(83)38(21-22-41(55)73)62-53(85)40(33-72)61-44(75)29-59-46(77)34-88-26-25-87-24-23-58-43(74)20-17-15-13-11-9-7-5-6-8-10-12-14-16-19-42-67-69-70-68-42;43-28-15-16-35(56)47-17-7-6-13-30(36(44)57)50-39(60)33(20-25-22-49-29-12-5-4-11-27(25)29)52-37(58)31(14-8-18-48-42(45)46)51-38(59)32(19-24-9-2-1-3-10-24)53-40(61)34-21-26(55)23-54(34)41(28)62/h28,35,37-40,49,69-70,72H,3-27,29-34H2,1-2H3,(H2,55,73)(H,56,82)(H,57,60)(H,58,74)(H,59,77)(H,61,75)(H,62,85)(H,63,86)(H,64,83)(H,65,76)(H,66,84)(H,67,68)(H,78,79)(H,80,81);1-5,9-12,22,26,28,30-34,49,55H,6-8,13-21,23,43H2,(H2,44,57)(H,47,56)(H,50,60)(H,51,59)(H,52,58)(H,53,61)(H4,45,46,48)/t;26-,28?,30?,31?,32-,33?,34+/m.1/s1. The van der Waals surface area contributed by atoms with Crippen LogP contribution in [0.1, 0.15) is 204 Å². The molecule has 2 aromatic heterocycles. The maximum atomic E-state index is 14.4. The maximum absolute atomic E-state index is 14.4. The van der Waals surface area contributed by atoms with Gasteiger partial charge >= 0.3 is 11.9 Å². The van der Waals surface area contributed by atoms with Crippen LogP contribution in [-0.4, -0.2) is 334 Å². The molecule has 2 saturated heterocycles. The van der Waals surface area contributed by atoms with Gasteiger partial charge in [-0.2, -0.15) is 0 Å². The summed E-state index contributed by atoms with van der Waals surface area (Å²) in [4.78, 5) is 265. The summed E-state index contributed by atoms with van der Waals surface area (Å²) in [5, 5.41) is 79.2. The number of aromatic nitrogens is 3. The molecule has 2 aromatic carbocycles. The van der Waals surface area contributed by atoms with Gasteiger partial charge in [0.1, 0.15) is 66.8 Å². The molecule has 17 amide bonds. The second-order valence-corrected chi connectivity index (χ2v) is 36.5. The third-order valence-corrected chi connectivity index (χ3v) is 24.3. The number of carbonyl (C=O) groups excluding carboxylic acids is 17. The fraction of sp³-hybridized carbons (Fsp3) is 0.604. The topological polar surface area (TPSA) is 834 Å². The van der Waals surface area contributed by atoms with Crippen molar-refractivity contribution in [1.29, 1.82) is 0 Å². The van der Waals surface area contributed by atoms with Gasteiger partial charge in [-0.15, -0.1) is 10.6 Å². The summed E-state index contributed by atoms with van der Waals surface area (Å²) in [6.45, 7) is -2.31. The number of aliphatic hydroxyl groups excluding tert-OH is 2. The van der Waals surface area contributed by atoms with Crippen molar-refractivity contribution < 1.29 is 121 Å². The zero-order valence-electron chi connectivity index (χ0n) is 85.0. The third kappa shape index (κ3) is 49.0. The van der Waals surface area contributed by atoms with Crippen LogP contribution in [0.2, 0.25) is 0 Å². The van der Waals surface area contributed by atoms with Crippen LogP contribution in [0.15, 0.2) is 83.4 Å². The number of nitrogens with two attached hydrogens (primary N) is 5. The molecular formula is C96H151N29O25. The number of para-hydroxylation sites is 1. The number of primary amides is 2. The SMILES string of the molecule is CCCCC(NC(=O)C(NC(=O)CN(CC(=O)O)CC(=O)O)NC(=O)C(Cc1cnc[nH]1)NC(=O)C(CCC(N)=O)NC(=O)C(CO)NC(=O)CNC(=O)COCCOCCNC(=O)CCCCCCCCCCCCCCCC1=NNNN1)C(=O)NC.NC(=O)C1CCCCNC(=O)CCC(N)C(=O)N2C[C@H](O)C[C@H]2C(=O)N[C@H](Cc2ccccc2)C(=O)NC(CCCN=C(N)N)C(=O)NC(Cc2c[nH]c3ccccc23)C(=O)N1. The van der Waals surface area contributed by atoms with Crippen molar-refractivity contribution in [3.05, 3.63) is 90.1 Å². The van der Waals surface area contributed by atoms with Crippen LogP contribution < -0.4 is 120 Å². The van der Waals surface area contributed by atoms with Gasteiger partial charge in [0.25, 0.3) is 5.91 Å². The summed E-state index contributed by atoms with van der Waals surface area (Å²) in [5.74, 6) is -16.0. The Morgan fingerprint density at radius 3 is 1.87 bits per heavy atom. The van der Waals surface area contributed by atoms with Crippen molar-refractivity contribution in [2.75, 3.05) is 92.4 Å². The second kappa shape index (κ2) is 69.6. The number of carbonyl (C=O) groups is 19. The quantitative estimate of drug-likeness (QED) is 0.00847. The summed E-state index contributed by atoms with van der Waals surface area (Å²) >= 11 is 0. The number of carboxylic acid groups (broad SMARTS) is 2. The Kier molecular flexibility index (Phi) is 57.5. The molecule has 54 nitrogen and oxygen atoms in total. The third-order valence-electron chi connectivity index (χ3n) is 24.3. The molecule has 4 aromatic rings. The summed E-state index contributed by atoms with van der Waals surface area (Å²) in [7, 11) is 1.31.